The molecule has 2 aliphatic rings. The van der Waals surface area contributed by atoms with E-state index in [-0.39, 0.29) is 33.8 Å². The molecule has 1 aromatic heterocycles. The average Bonchev–Trinajstić information content (AvgIpc) is 2.92. The fraction of sp³-hybridized carbons (Fsp3) is 0.423. The van der Waals surface area contributed by atoms with Crippen LogP contribution in [-0.2, 0) is 9.47 Å². The lowest BCUT2D eigenvalue weighted by atomic mass is 10.00. The van der Waals surface area contributed by atoms with E-state index >= 15 is 0 Å². The first-order chi connectivity index (χ1) is 19.0. The summed E-state index contributed by atoms with van der Waals surface area (Å²) in [6, 6.07) is 7.69. The van der Waals surface area contributed by atoms with Gasteiger partial charge in [-0.3, -0.25) is 4.79 Å². The lowest BCUT2D eigenvalue weighted by Gasteiger charge is -2.38. The predicted molar refractivity (Wildman–Crippen MR) is 133 cm³/mol. The molecule has 0 saturated carbocycles. The SMILES string of the molecule is C[C@@H]1O[C@H](Oc2cc(O)c3c(=O)c(O[C@@H]4OC[C@H](O)[C@H](O)[C@@H]4O)c(-c4ccc(O)cc4)oc3c2)[C@H](O)[C@H](O)[C@@H]1O. The number of ether oxygens (including phenoxy) is 4. The smallest absolute Gasteiger partial charge is 0.239 e. The number of hydrogen-bond acceptors (Lipinski definition) is 14. The minimum Gasteiger partial charge on any atom is -0.508 e. The number of hydrogen-bond donors (Lipinski definition) is 8. The van der Waals surface area contributed by atoms with Gasteiger partial charge in [-0.1, -0.05) is 0 Å². The summed E-state index contributed by atoms with van der Waals surface area (Å²) < 4.78 is 27.9. The van der Waals surface area contributed by atoms with E-state index in [4.69, 9.17) is 23.4 Å². The van der Waals surface area contributed by atoms with Gasteiger partial charge in [-0.05, 0) is 31.2 Å². The highest BCUT2D eigenvalue weighted by Crippen LogP contribution is 2.38. The van der Waals surface area contributed by atoms with Crippen LogP contribution in [-0.4, -0.2) is 103 Å². The quantitative estimate of drug-likeness (QED) is 0.184. The van der Waals surface area contributed by atoms with Crippen LogP contribution in [0.3, 0.4) is 0 Å². The van der Waals surface area contributed by atoms with Gasteiger partial charge in [0.1, 0.15) is 64.8 Å². The molecule has 216 valence electrons. The third-order valence-electron chi connectivity index (χ3n) is 6.78. The maximum absolute atomic E-state index is 13.6. The Bertz CT molecular complexity index is 1420. The summed E-state index contributed by atoms with van der Waals surface area (Å²) in [5.41, 5.74) is -0.860. The molecule has 14 nitrogen and oxygen atoms in total. The first kappa shape index (κ1) is 28.1. The number of phenolic OH excluding ortho intramolecular Hbond substituents is 2. The van der Waals surface area contributed by atoms with Crippen molar-refractivity contribution in [3.8, 4) is 34.3 Å². The fourth-order valence-corrected chi connectivity index (χ4v) is 4.48. The van der Waals surface area contributed by atoms with E-state index < -0.39 is 78.8 Å². The van der Waals surface area contributed by atoms with Crippen molar-refractivity contribution in [2.75, 3.05) is 6.61 Å². The molecular weight excluding hydrogens is 536 g/mol. The second kappa shape index (κ2) is 10.8. The minimum atomic E-state index is -1.74. The Morgan fingerprint density at radius 1 is 0.825 bits per heavy atom. The summed E-state index contributed by atoms with van der Waals surface area (Å²) in [7, 11) is 0. The van der Waals surface area contributed by atoms with Crippen molar-refractivity contribution < 1.29 is 64.2 Å². The number of phenols is 2. The van der Waals surface area contributed by atoms with Crippen molar-refractivity contribution in [1.82, 2.24) is 0 Å². The summed E-state index contributed by atoms with van der Waals surface area (Å²) in [6.07, 6.45) is -13.3. The van der Waals surface area contributed by atoms with Gasteiger partial charge in [0, 0.05) is 17.7 Å². The maximum Gasteiger partial charge on any atom is 0.239 e. The molecule has 40 heavy (non-hydrogen) atoms. The van der Waals surface area contributed by atoms with Crippen molar-refractivity contribution in [2.24, 2.45) is 0 Å². The predicted octanol–water partition coefficient (Wildman–Crippen LogP) is -1.10. The van der Waals surface area contributed by atoms with Gasteiger partial charge >= 0.3 is 0 Å². The van der Waals surface area contributed by atoms with Gasteiger partial charge in [0.25, 0.3) is 0 Å². The zero-order valence-corrected chi connectivity index (χ0v) is 20.9. The van der Waals surface area contributed by atoms with Crippen LogP contribution < -0.4 is 14.9 Å². The van der Waals surface area contributed by atoms with E-state index in [9.17, 15) is 45.6 Å². The third-order valence-corrected chi connectivity index (χ3v) is 6.78. The average molecular weight is 564 g/mol. The fourth-order valence-electron chi connectivity index (χ4n) is 4.48. The van der Waals surface area contributed by atoms with Crippen LogP contribution in [0.5, 0.6) is 23.0 Å². The molecule has 2 aliphatic heterocycles. The first-order valence-electron chi connectivity index (χ1n) is 12.3. The molecule has 3 aromatic rings. The maximum atomic E-state index is 13.6. The highest BCUT2D eigenvalue weighted by Gasteiger charge is 2.43. The Kier molecular flexibility index (Phi) is 7.60. The lowest BCUT2D eigenvalue weighted by Crippen LogP contribution is -2.58. The number of benzene rings is 2. The molecule has 2 aromatic carbocycles. The second-order valence-electron chi connectivity index (χ2n) is 9.62. The molecule has 0 aliphatic carbocycles. The summed E-state index contributed by atoms with van der Waals surface area (Å²) in [6.45, 7) is 1.06. The molecule has 0 radical (unpaired) electrons. The van der Waals surface area contributed by atoms with Crippen molar-refractivity contribution in [1.29, 1.82) is 0 Å². The number of rotatable bonds is 5. The van der Waals surface area contributed by atoms with E-state index in [1.165, 1.54) is 37.3 Å². The van der Waals surface area contributed by atoms with E-state index in [2.05, 4.69) is 0 Å². The molecular formula is C26H28O14. The summed E-state index contributed by atoms with van der Waals surface area (Å²) in [4.78, 5) is 13.6. The van der Waals surface area contributed by atoms with Gasteiger partial charge in [0.05, 0.1) is 12.7 Å². The molecule has 3 heterocycles. The van der Waals surface area contributed by atoms with Crippen molar-refractivity contribution in [3.05, 3.63) is 46.6 Å². The molecule has 0 unspecified atom stereocenters. The van der Waals surface area contributed by atoms with E-state index in [0.29, 0.717) is 0 Å². The van der Waals surface area contributed by atoms with Gasteiger partial charge in [-0.2, -0.15) is 0 Å². The van der Waals surface area contributed by atoms with Gasteiger partial charge in [0.15, 0.2) is 5.76 Å². The van der Waals surface area contributed by atoms with Crippen LogP contribution in [0.2, 0.25) is 0 Å². The molecule has 9 atom stereocenters. The molecule has 0 spiro atoms. The number of fused-ring (bicyclic) bond motifs is 1. The van der Waals surface area contributed by atoms with Crippen molar-refractivity contribution in [2.45, 2.75) is 62.2 Å². The van der Waals surface area contributed by atoms with Crippen molar-refractivity contribution >= 4 is 11.0 Å². The monoisotopic (exact) mass is 564 g/mol. The number of aliphatic hydroxyl groups is 6. The van der Waals surface area contributed by atoms with Gasteiger partial charge < -0.3 is 64.2 Å². The van der Waals surface area contributed by atoms with Crippen LogP contribution in [0.15, 0.2) is 45.6 Å². The second-order valence-corrected chi connectivity index (χ2v) is 9.62. The molecule has 2 saturated heterocycles. The molecule has 0 amide bonds. The zero-order valence-electron chi connectivity index (χ0n) is 20.9. The summed E-state index contributed by atoms with van der Waals surface area (Å²) in [5.74, 6) is -1.54. The first-order valence-corrected chi connectivity index (χ1v) is 12.3. The van der Waals surface area contributed by atoms with E-state index in [1.807, 2.05) is 0 Å². The van der Waals surface area contributed by atoms with Crippen LogP contribution >= 0.6 is 0 Å². The van der Waals surface area contributed by atoms with Crippen LogP contribution in [0.1, 0.15) is 6.92 Å². The Morgan fingerprint density at radius 2 is 1.50 bits per heavy atom. The minimum absolute atomic E-state index is 0.0848. The number of aliphatic hydroxyl groups excluding tert-OH is 6. The van der Waals surface area contributed by atoms with Crippen molar-refractivity contribution in [3.63, 3.8) is 0 Å². The van der Waals surface area contributed by atoms with Crippen LogP contribution in [0.4, 0.5) is 0 Å². The summed E-state index contributed by atoms with van der Waals surface area (Å²) >= 11 is 0. The normalized spacial score (nSPS) is 32.6. The van der Waals surface area contributed by atoms with E-state index in [0.717, 1.165) is 6.07 Å². The third kappa shape index (κ3) is 5.07. The molecule has 5 rings (SSSR count). The largest absolute Gasteiger partial charge is 0.508 e. The van der Waals surface area contributed by atoms with Gasteiger partial charge in [0.2, 0.25) is 23.8 Å². The Labute approximate surface area is 225 Å². The van der Waals surface area contributed by atoms with Gasteiger partial charge in [-0.15, -0.1) is 0 Å². The molecule has 2 fully saturated rings. The van der Waals surface area contributed by atoms with E-state index in [1.54, 1.807) is 0 Å². The highest BCUT2D eigenvalue weighted by molar-refractivity contribution is 5.88. The molecule has 8 N–H and O–H groups in total. The Morgan fingerprint density at radius 3 is 2.20 bits per heavy atom. The Hall–Kier alpha value is -3.47. The lowest BCUT2D eigenvalue weighted by molar-refractivity contribution is -0.268. The topological polar surface area (TPSA) is 229 Å². The van der Waals surface area contributed by atoms with Crippen LogP contribution in [0.25, 0.3) is 22.3 Å². The number of aromatic hydroxyl groups is 2. The highest BCUT2D eigenvalue weighted by atomic mass is 16.7. The van der Waals surface area contributed by atoms with Crippen LogP contribution in [0, 0.1) is 0 Å². The summed E-state index contributed by atoms with van der Waals surface area (Å²) in [5, 5.41) is 80.5. The standard InChI is InChI=1S/C26H28O14/c1-9-17(30)20(33)22(35)26(37-9)38-12-6-13(28)16-15(7-12)39-23(10-2-4-11(27)5-3-10)24(19(16)32)40-25-21(34)18(31)14(29)8-36-25/h2-7,9,14,17-18,20-22,25-31,33-35H,8H2,1H3/t9-,14-,17+,18-,20+,21-,22+,25-,26+/m0/s1. The Balaban J connectivity index is 1.58. The zero-order chi connectivity index (χ0) is 28.9. The molecule has 14 heteroatoms. The van der Waals surface area contributed by atoms with Gasteiger partial charge in [-0.25, -0.2) is 0 Å². The molecule has 0 bridgehead atoms.